The highest BCUT2D eigenvalue weighted by Gasteiger charge is 2.30. The zero-order valence-electron chi connectivity index (χ0n) is 17.3. The van der Waals surface area contributed by atoms with Gasteiger partial charge < -0.3 is 14.6 Å². The maximum Gasteiger partial charge on any atom is 0.312 e. The van der Waals surface area contributed by atoms with Gasteiger partial charge in [-0.25, -0.2) is 8.42 Å². The first-order chi connectivity index (χ1) is 14.2. The predicted octanol–water partition coefficient (Wildman–Crippen LogP) is 1.23. The van der Waals surface area contributed by atoms with Gasteiger partial charge in [-0.05, 0) is 38.8 Å². The van der Waals surface area contributed by atoms with Gasteiger partial charge in [0.2, 0.25) is 10.0 Å². The maximum atomic E-state index is 12.7. The van der Waals surface area contributed by atoms with Crippen molar-refractivity contribution in [2.45, 2.75) is 49.9 Å². The Morgan fingerprint density at radius 1 is 1.27 bits per heavy atom. The van der Waals surface area contributed by atoms with Crippen molar-refractivity contribution in [2.75, 3.05) is 39.3 Å². The number of aliphatic hydroxyl groups excluding tert-OH is 1. The van der Waals surface area contributed by atoms with Crippen LogP contribution in [0.25, 0.3) is 0 Å². The monoisotopic (exact) mass is 443 g/mol. The SMILES string of the molecule is CC1CN(CC(O)COc2ccc(S(=O)(=O)N3CCCC3)cc2[N+](=O)[O-])CC(C)O1. The van der Waals surface area contributed by atoms with Crippen LogP contribution in [0.3, 0.4) is 0 Å². The molecule has 2 fully saturated rings. The lowest BCUT2D eigenvalue weighted by atomic mass is 10.2. The number of β-amino-alcohol motifs (C(OH)–C–C–N with tert-alkyl or cyclic N) is 1. The molecule has 2 aliphatic heterocycles. The molecule has 0 spiro atoms. The largest absolute Gasteiger partial charge is 0.484 e. The van der Waals surface area contributed by atoms with Crippen molar-refractivity contribution in [3.05, 3.63) is 28.3 Å². The molecule has 0 saturated carbocycles. The molecule has 0 amide bonds. The molecule has 2 aliphatic rings. The van der Waals surface area contributed by atoms with Gasteiger partial charge in [0, 0.05) is 38.8 Å². The first kappa shape index (κ1) is 22.9. The summed E-state index contributed by atoms with van der Waals surface area (Å²) in [7, 11) is -3.77. The van der Waals surface area contributed by atoms with Crippen molar-refractivity contribution in [1.82, 2.24) is 9.21 Å². The number of sulfonamides is 1. The van der Waals surface area contributed by atoms with E-state index in [1.54, 1.807) is 0 Å². The van der Waals surface area contributed by atoms with Gasteiger partial charge in [0.05, 0.1) is 22.0 Å². The average Bonchev–Trinajstić information content (AvgIpc) is 3.21. The lowest BCUT2D eigenvalue weighted by Gasteiger charge is -2.36. The van der Waals surface area contributed by atoms with E-state index in [2.05, 4.69) is 4.90 Å². The number of benzene rings is 1. The second-order valence-electron chi connectivity index (χ2n) is 7.94. The fourth-order valence-corrected chi connectivity index (χ4v) is 5.51. The number of hydrogen-bond acceptors (Lipinski definition) is 8. The van der Waals surface area contributed by atoms with Crippen LogP contribution in [0.2, 0.25) is 0 Å². The molecule has 0 aliphatic carbocycles. The molecule has 1 N–H and O–H groups in total. The molecule has 11 heteroatoms. The van der Waals surface area contributed by atoms with Crippen LogP contribution >= 0.6 is 0 Å². The third-order valence-electron chi connectivity index (χ3n) is 5.23. The van der Waals surface area contributed by atoms with E-state index < -0.39 is 26.7 Å². The summed E-state index contributed by atoms with van der Waals surface area (Å²) in [6, 6.07) is 3.63. The van der Waals surface area contributed by atoms with Crippen molar-refractivity contribution in [1.29, 1.82) is 0 Å². The van der Waals surface area contributed by atoms with E-state index in [1.807, 2.05) is 13.8 Å². The molecule has 10 nitrogen and oxygen atoms in total. The molecular formula is C19H29N3O7S. The van der Waals surface area contributed by atoms with Crippen molar-refractivity contribution >= 4 is 15.7 Å². The van der Waals surface area contributed by atoms with Gasteiger partial charge in [-0.15, -0.1) is 0 Å². The van der Waals surface area contributed by atoms with Crippen LogP contribution in [-0.4, -0.2) is 85.3 Å². The zero-order valence-corrected chi connectivity index (χ0v) is 18.1. The van der Waals surface area contributed by atoms with Crippen LogP contribution in [-0.2, 0) is 14.8 Å². The lowest BCUT2D eigenvalue weighted by Crippen LogP contribution is -2.48. The predicted molar refractivity (Wildman–Crippen MR) is 109 cm³/mol. The number of nitrogens with zero attached hydrogens (tertiary/aromatic N) is 3. The highest BCUT2D eigenvalue weighted by Crippen LogP contribution is 2.32. The summed E-state index contributed by atoms with van der Waals surface area (Å²) in [5.41, 5.74) is -0.434. The van der Waals surface area contributed by atoms with E-state index in [4.69, 9.17) is 9.47 Å². The van der Waals surface area contributed by atoms with E-state index in [9.17, 15) is 23.6 Å². The van der Waals surface area contributed by atoms with Crippen molar-refractivity contribution in [2.24, 2.45) is 0 Å². The summed E-state index contributed by atoms with van der Waals surface area (Å²) in [5.74, 6) is -0.0665. The minimum atomic E-state index is -3.77. The molecule has 2 saturated heterocycles. The van der Waals surface area contributed by atoms with E-state index in [0.29, 0.717) is 32.7 Å². The van der Waals surface area contributed by atoms with E-state index in [0.717, 1.165) is 18.9 Å². The second-order valence-corrected chi connectivity index (χ2v) is 9.88. The van der Waals surface area contributed by atoms with Gasteiger partial charge in [-0.3, -0.25) is 15.0 Å². The number of ether oxygens (including phenoxy) is 2. The maximum absolute atomic E-state index is 12.7. The quantitative estimate of drug-likeness (QED) is 0.470. The van der Waals surface area contributed by atoms with Crippen LogP contribution in [0.4, 0.5) is 5.69 Å². The van der Waals surface area contributed by atoms with Crippen LogP contribution in [0.5, 0.6) is 5.75 Å². The van der Waals surface area contributed by atoms with Gasteiger partial charge in [0.25, 0.3) is 0 Å². The first-order valence-corrected chi connectivity index (χ1v) is 11.6. The Kier molecular flexibility index (Phi) is 7.30. The number of rotatable bonds is 8. The Labute approximate surface area is 176 Å². The smallest absolute Gasteiger partial charge is 0.312 e. The molecule has 3 atom stereocenters. The Balaban J connectivity index is 1.66. The van der Waals surface area contributed by atoms with E-state index >= 15 is 0 Å². The van der Waals surface area contributed by atoms with Gasteiger partial charge in [0.15, 0.2) is 5.75 Å². The fraction of sp³-hybridized carbons (Fsp3) is 0.684. The molecule has 168 valence electrons. The van der Waals surface area contributed by atoms with E-state index in [-0.39, 0.29) is 29.5 Å². The molecule has 0 radical (unpaired) electrons. The second kappa shape index (κ2) is 9.56. The molecule has 3 unspecified atom stereocenters. The standard InChI is InChI=1S/C19H29N3O7S/c1-14-10-20(11-15(2)29-14)12-16(23)13-28-19-6-5-17(9-18(19)22(24)25)30(26,27)21-7-3-4-8-21/h5-6,9,14-16,23H,3-4,7-8,10-13H2,1-2H3. The summed E-state index contributed by atoms with van der Waals surface area (Å²) >= 11 is 0. The zero-order chi connectivity index (χ0) is 21.9. The Morgan fingerprint density at radius 2 is 1.90 bits per heavy atom. The van der Waals surface area contributed by atoms with Crippen LogP contribution in [0, 0.1) is 10.1 Å². The van der Waals surface area contributed by atoms with Crippen LogP contribution < -0.4 is 4.74 Å². The van der Waals surface area contributed by atoms with Crippen molar-refractivity contribution < 1.29 is 27.9 Å². The molecule has 1 aromatic carbocycles. The molecular weight excluding hydrogens is 414 g/mol. The number of morpholine rings is 1. The summed E-state index contributed by atoms with van der Waals surface area (Å²) < 4.78 is 37.8. The van der Waals surface area contributed by atoms with Gasteiger partial charge in [-0.1, -0.05) is 0 Å². The average molecular weight is 444 g/mol. The van der Waals surface area contributed by atoms with Gasteiger partial charge in [0.1, 0.15) is 12.7 Å². The summed E-state index contributed by atoms with van der Waals surface area (Å²) in [6.45, 7) is 6.35. The summed E-state index contributed by atoms with van der Waals surface area (Å²) in [6.07, 6.45) is 0.832. The number of aliphatic hydroxyl groups is 1. The highest BCUT2D eigenvalue weighted by atomic mass is 32.2. The molecule has 1 aromatic rings. The fourth-order valence-electron chi connectivity index (χ4n) is 3.97. The normalized spacial score (nSPS) is 24.6. The molecule has 30 heavy (non-hydrogen) atoms. The van der Waals surface area contributed by atoms with Gasteiger partial charge >= 0.3 is 5.69 Å². The number of nitro groups is 1. The molecule has 0 bridgehead atoms. The number of hydrogen-bond donors (Lipinski definition) is 1. The molecule has 0 aromatic heterocycles. The minimum Gasteiger partial charge on any atom is -0.484 e. The van der Waals surface area contributed by atoms with Gasteiger partial charge in [-0.2, -0.15) is 4.31 Å². The minimum absolute atomic E-state index is 0.0630. The van der Waals surface area contributed by atoms with E-state index in [1.165, 1.54) is 16.4 Å². The highest BCUT2D eigenvalue weighted by molar-refractivity contribution is 7.89. The summed E-state index contributed by atoms with van der Waals surface area (Å²) in [4.78, 5) is 12.8. The van der Waals surface area contributed by atoms with Crippen molar-refractivity contribution in [3.8, 4) is 5.75 Å². The first-order valence-electron chi connectivity index (χ1n) is 10.1. The summed E-state index contributed by atoms with van der Waals surface area (Å²) in [5, 5.41) is 21.8. The third-order valence-corrected chi connectivity index (χ3v) is 7.12. The number of nitro benzene ring substituents is 1. The Bertz CT molecular complexity index is 848. The van der Waals surface area contributed by atoms with Crippen LogP contribution in [0.1, 0.15) is 26.7 Å². The Morgan fingerprint density at radius 3 is 2.50 bits per heavy atom. The Hall–Kier alpha value is -1.79. The van der Waals surface area contributed by atoms with Crippen LogP contribution in [0.15, 0.2) is 23.1 Å². The topological polar surface area (TPSA) is 122 Å². The molecule has 2 heterocycles. The van der Waals surface area contributed by atoms with Crippen molar-refractivity contribution in [3.63, 3.8) is 0 Å². The lowest BCUT2D eigenvalue weighted by molar-refractivity contribution is -0.386. The third kappa shape index (κ3) is 5.46. The molecule has 3 rings (SSSR count).